The number of hydrogen-bond acceptors (Lipinski definition) is 3. The lowest BCUT2D eigenvalue weighted by Crippen LogP contribution is -2.27. The highest BCUT2D eigenvalue weighted by molar-refractivity contribution is 6.32. The van der Waals surface area contributed by atoms with Crippen LogP contribution in [0.1, 0.15) is 36.6 Å². The Hall–Kier alpha value is -3.05. The number of ether oxygens (including phenoxy) is 1. The summed E-state index contributed by atoms with van der Waals surface area (Å²) in [4.78, 5) is 4.78. The predicted octanol–water partition coefficient (Wildman–Crippen LogP) is 6.37. The molecule has 3 aromatic carbocycles. The topological polar surface area (TPSA) is 39.1 Å². The monoisotopic (exact) mass is 421 g/mol. The third-order valence-electron chi connectivity index (χ3n) is 5.59. The fraction of sp³-hybridized carbons (Fsp3) is 0.208. The number of nitrogens with one attached hydrogen (secondary N) is 1. The van der Waals surface area contributed by atoms with Crippen LogP contribution in [0.3, 0.4) is 0 Å². The number of fused-ring (bicyclic) bond motifs is 3. The van der Waals surface area contributed by atoms with E-state index < -0.39 is 0 Å². The largest absolute Gasteiger partial charge is 0.492 e. The fourth-order valence-electron chi connectivity index (χ4n) is 4.24. The van der Waals surface area contributed by atoms with Gasteiger partial charge in [-0.05, 0) is 49.2 Å². The van der Waals surface area contributed by atoms with Crippen LogP contribution in [0.5, 0.6) is 5.75 Å². The van der Waals surface area contributed by atoms with E-state index in [4.69, 9.17) is 21.3 Å². The van der Waals surface area contributed by atoms with Crippen LogP contribution in [0.25, 0.3) is 11.0 Å². The van der Waals surface area contributed by atoms with Crippen molar-refractivity contribution in [3.63, 3.8) is 0 Å². The zero-order valence-electron chi connectivity index (χ0n) is 16.5. The molecule has 5 rings (SSSR count). The third kappa shape index (κ3) is 3.19. The lowest BCUT2D eigenvalue weighted by atomic mass is 9.92. The Labute approximate surface area is 179 Å². The minimum Gasteiger partial charge on any atom is -0.492 e. The molecule has 0 amide bonds. The first-order valence-corrected chi connectivity index (χ1v) is 10.4. The van der Waals surface area contributed by atoms with Gasteiger partial charge in [0.1, 0.15) is 11.6 Å². The minimum atomic E-state index is -0.211. The highest BCUT2D eigenvalue weighted by Gasteiger charge is 2.32. The summed E-state index contributed by atoms with van der Waals surface area (Å²) in [5.74, 6) is 1.18. The molecular formula is C24H21ClFN3O. The van der Waals surface area contributed by atoms with Crippen LogP contribution in [0.4, 0.5) is 10.3 Å². The zero-order valence-corrected chi connectivity index (χ0v) is 17.2. The van der Waals surface area contributed by atoms with Crippen molar-refractivity contribution in [3.05, 3.63) is 88.7 Å². The molecule has 0 radical (unpaired) electrons. The van der Waals surface area contributed by atoms with E-state index in [1.807, 2.05) is 61.5 Å². The van der Waals surface area contributed by atoms with Crippen molar-refractivity contribution in [2.45, 2.75) is 25.4 Å². The average Bonchev–Trinajstić information content (AvgIpc) is 3.14. The van der Waals surface area contributed by atoms with Crippen molar-refractivity contribution in [1.29, 1.82) is 0 Å². The van der Waals surface area contributed by atoms with Gasteiger partial charge in [0.05, 0.1) is 34.7 Å². The zero-order chi connectivity index (χ0) is 20.7. The third-order valence-corrected chi connectivity index (χ3v) is 5.89. The standard InChI is InChI=1S/C24H21ClFN3O/c1-2-30-23-12-11-15(13-17(23)25)20-14-22(16-7-3-4-8-18(16)26)29-21-10-6-5-9-19(21)27-24(29)28-20/h3-13,20,22H,2,14H2,1H3,(H,27,28)/t20-,22-/m0/s1. The summed E-state index contributed by atoms with van der Waals surface area (Å²) in [5.41, 5.74) is 3.54. The van der Waals surface area contributed by atoms with Gasteiger partial charge in [-0.25, -0.2) is 9.37 Å². The van der Waals surface area contributed by atoms with Gasteiger partial charge in [0.25, 0.3) is 0 Å². The summed E-state index contributed by atoms with van der Waals surface area (Å²) in [7, 11) is 0. The van der Waals surface area contributed by atoms with Gasteiger partial charge in [-0.1, -0.05) is 48.0 Å². The summed E-state index contributed by atoms with van der Waals surface area (Å²) in [6.07, 6.45) is 0.665. The number of rotatable bonds is 4. The Balaban J connectivity index is 1.62. The molecule has 152 valence electrons. The van der Waals surface area contributed by atoms with E-state index in [1.54, 1.807) is 6.07 Å². The molecule has 1 aliphatic rings. The van der Waals surface area contributed by atoms with Crippen LogP contribution in [-0.2, 0) is 0 Å². The number of anilines is 1. The normalized spacial score (nSPS) is 18.1. The maximum atomic E-state index is 14.8. The Bertz CT molecular complexity index is 1220. The van der Waals surface area contributed by atoms with Crippen LogP contribution in [0, 0.1) is 5.82 Å². The first kappa shape index (κ1) is 18.9. The van der Waals surface area contributed by atoms with Crippen LogP contribution in [0.15, 0.2) is 66.7 Å². The molecule has 1 aromatic heterocycles. The molecule has 30 heavy (non-hydrogen) atoms. The number of halogens is 2. The summed E-state index contributed by atoms with van der Waals surface area (Å²) >= 11 is 6.44. The molecule has 2 atom stereocenters. The molecule has 6 heteroatoms. The Morgan fingerprint density at radius 2 is 1.93 bits per heavy atom. The van der Waals surface area contributed by atoms with E-state index in [9.17, 15) is 4.39 Å². The van der Waals surface area contributed by atoms with Gasteiger partial charge in [-0.3, -0.25) is 0 Å². The quantitative estimate of drug-likeness (QED) is 0.416. The van der Waals surface area contributed by atoms with E-state index >= 15 is 0 Å². The second-order valence-electron chi connectivity index (χ2n) is 7.39. The average molecular weight is 422 g/mol. The van der Waals surface area contributed by atoms with Crippen LogP contribution in [0.2, 0.25) is 5.02 Å². The smallest absolute Gasteiger partial charge is 0.204 e. The molecule has 0 fully saturated rings. The lowest BCUT2D eigenvalue weighted by molar-refractivity contribution is 0.340. The summed E-state index contributed by atoms with van der Waals surface area (Å²) < 4.78 is 22.5. The molecule has 1 N–H and O–H groups in total. The number of aromatic nitrogens is 2. The van der Waals surface area contributed by atoms with Gasteiger partial charge in [0.2, 0.25) is 5.95 Å². The molecule has 0 saturated heterocycles. The fourth-order valence-corrected chi connectivity index (χ4v) is 4.49. The molecule has 2 heterocycles. The highest BCUT2D eigenvalue weighted by Crippen LogP contribution is 2.42. The maximum absolute atomic E-state index is 14.8. The minimum absolute atomic E-state index is 0.0629. The molecule has 4 aromatic rings. The van der Waals surface area contributed by atoms with Crippen LogP contribution in [-0.4, -0.2) is 16.2 Å². The maximum Gasteiger partial charge on any atom is 0.204 e. The Morgan fingerprint density at radius 3 is 2.73 bits per heavy atom. The summed E-state index contributed by atoms with van der Waals surface area (Å²) in [5, 5.41) is 4.10. The highest BCUT2D eigenvalue weighted by atomic mass is 35.5. The van der Waals surface area contributed by atoms with Gasteiger partial charge in [-0.15, -0.1) is 0 Å². The van der Waals surface area contributed by atoms with Gasteiger partial charge in [0.15, 0.2) is 0 Å². The van der Waals surface area contributed by atoms with Crippen LogP contribution < -0.4 is 10.1 Å². The number of para-hydroxylation sites is 2. The van der Waals surface area contributed by atoms with Crippen molar-refractivity contribution >= 4 is 28.6 Å². The SMILES string of the molecule is CCOc1ccc([C@@H]2C[C@@H](c3ccccc3F)n3c(nc4ccccc43)N2)cc1Cl. The number of nitrogens with zero attached hydrogens (tertiary/aromatic N) is 2. The lowest BCUT2D eigenvalue weighted by Gasteiger charge is -2.33. The van der Waals surface area contributed by atoms with Crippen LogP contribution >= 0.6 is 11.6 Å². The molecule has 0 aliphatic carbocycles. The van der Waals surface area contributed by atoms with E-state index in [0.29, 0.717) is 29.4 Å². The molecule has 0 bridgehead atoms. The molecule has 0 unspecified atom stereocenters. The first-order chi connectivity index (χ1) is 14.7. The Kier molecular flexibility index (Phi) is 4.83. The second kappa shape index (κ2) is 7.65. The molecular weight excluding hydrogens is 401 g/mol. The van der Waals surface area contributed by atoms with E-state index in [1.165, 1.54) is 6.07 Å². The molecule has 0 spiro atoms. The number of hydrogen-bond donors (Lipinski definition) is 1. The van der Waals surface area contributed by atoms with E-state index in [0.717, 1.165) is 22.5 Å². The van der Waals surface area contributed by atoms with E-state index in [-0.39, 0.29) is 17.9 Å². The molecule has 0 saturated carbocycles. The van der Waals surface area contributed by atoms with Crippen molar-refractivity contribution in [1.82, 2.24) is 9.55 Å². The predicted molar refractivity (Wildman–Crippen MR) is 118 cm³/mol. The molecule has 4 nitrogen and oxygen atoms in total. The van der Waals surface area contributed by atoms with E-state index in [2.05, 4.69) is 9.88 Å². The van der Waals surface area contributed by atoms with Gasteiger partial charge in [-0.2, -0.15) is 0 Å². The Morgan fingerprint density at radius 1 is 1.13 bits per heavy atom. The van der Waals surface area contributed by atoms with Crippen molar-refractivity contribution in [2.75, 3.05) is 11.9 Å². The first-order valence-electron chi connectivity index (χ1n) is 10.1. The summed E-state index contributed by atoms with van der Waals surface area (Å²) in [6, 6.07) is 20.5. The second-order valence-corrected chi connectivity index (χ2v) is 7.79. The number of benzene rings is 3. The van der Waals surface area contributed by atoms with Crippen molar-refractivity contribution in [3.8, 4) is 5.75 Å². The van der Waals surface area contributed by atoms with Crippen molar-refractivity contribution < 1.29 is 9.13 Å². The van der Waals surface area contributed by atoms with Gasteiger partial charge < -0.3 is 14.6 Å². The molecule has 1 aliphatic heterocycles. The van der Waals surface area contributed by atoms with Crippen molar-refractivity contribution in [2.24, 2.45) is 0 Å². The van der Waals surface area contributed by atoms with Gasteiger partial charge in [0, 0.05) is 5.56 Å². The van der Waals surface area contributed by atoms with Gasteiger partial charge >= 0.3 is 0 Å². The number of imidazole rings is 1. The summed E-state index contributed by atoms with van der Waals surface area (Å²) in [6.45, 7) is 2.48.